The molecule has 0 unspecified atom stereocenters. The highest BCUT2D eigenvalue weighted by molar-refractivity contribution is 6.88. The molecule has 0 aliphatic rings. The van der Waals surface area contributed by atoms with Gasteiger partial charge in [-0.15, -0.1) is 0 Å². The van der Waals surface area contributed by atoms with Crippen molar-refractivity contribution >= 4 is 13.3 Å². The zero-order valence-electron chi connectivity index (χ0n) is 11.0. The van der Waals surface area contributed by atoms with Crippen molar-refractivity contribution in [2.24, 2.45) is 0 Å². The summed E-state index contributed by atoms with van der Waals surface area (Å²) in [6, 6.07) is 6.27. The Labute approximate surface area is 99.6 Å². The number of hydrogen-bond acceptors (Lipinski definition) is 2. The van der Waals surface area contributed by atoms with Crippen LogP contribution in [0.2, 0.25) is 19.6 Å². The number of ether oxygens (including phenoxy) is 2. The lowest BCUT2D eigenvalue weighted by Crippen LogP contribution is -2.37. The molecule has 1 rings (SSSR count). The minimum Gasteiger partial charge on any atom is -0.494 e. The molecule has 0 bridgehead atoms. The van der Waals surface area contributed by atoms with Gasteiger partial charge < -0.3 is 9.47 Å². The molecular weight excluding hydrogens is 216 g/mol. The lowest BCUT2D eigenvalue weighted by atomic mass is 10.3. The first-order valence-electron chi connectivity index (χ1n) is 5.88. The molecule has 0 saturated carbocycles. The van der Waals surface area contributed by atoms with Gasteiger partial charge in [0.25, 0.3) is 0 Å². The van der Waals surface area contributed by atoms with Crippen LogP contribution >= 0.6 is 0 Å². The summed E-state index contributed by atoms with van der Waals surface area (Å²) in [7, 11) is -1.31. The van der Waals surface area contributed by atoms with Crippen molar-refractivity contribution in [3.63, 3.8) is 0 Å². The van der Waals surface area contributed by atoms with Crippen LogP contribution in [0.1, 0.15) is 13.8 Å². The van der Waals surface area contributed by atoms with E-state index in [0.29, 0.717) is 13.2 Å². The van der Waals surface area contributed by atoms with Crippen molar-refractivity contribution in [2.75, 3.05) is 13.2 Å². The summed E-state index contributed by atoms with van der Waals surface area (Å²) >= 11 is 0. The summed E-state index contributed by atoms with van der Waals surface area (Å²) in [5.74, 6) is 1.84. The first-order chi connectivity index (χ1) is 7.47. The molecule has 3 heteroatoms. The third-order valence-corrected chi connectivity index (χ3v) is 4.39. The summed E-state index contributed by atoms with van der Waals surface area (Å²) in [6.07, 6.45) is 0. The molecule has 0 heterocycles. The summed E-state index contributed by atoms with van der Waals surface area (Å²) in [5.41, 5.74) is 0. The zero-order chi connectivity index (χ0) is 12.2. The molecule has 0 atom stereocenters. The SMILES string of the molecule is CCOc1cc(OCC)cc([Si](C)(C)C)c1. The average Bonchev–Trinajstić information content (AvgIpc) is 2.17. The maximum atomic E-state index is 5.57. The van der Waals surface area contributed by atoms with Gasteiger partial charge in [-0.3, -0.25) is 0 Å². The highest BCUT2D eigenvalue weighted by Gasteiger charge is 2.18. The Balaban J connectivity index is 3.08. The van der Waals surface area contributed by atoms with E-state index in [4.69, 9.17) is 9.47 Å². The van der Waals surface area contributed by atoms with E-state index < -0.39 is 8.07 Å². The van der Waals surface area contributed by atoms with Crippen molar-refractivity contribution in [3.8, 4) is 11.5 Å². The van der Waals surface area contributed by atoms with E-state index in [-0.39, 0.29) is 0 Å². The van der Waals surface area contributed by atoms with Gasteiger partial charge in [0, 0.05) is 6.07 Å². The standard InChI is InChI=1S/C13H22O2Si/c1-6-14-11-8-12(15-7-2)10-13(9-11)16(3,4)5/h8-10H,6-7H2,1-5H3. The lowest BCUT2D eigenvalue weighted by molar-refractivity contribution is 0.323. The Hall–Kier alpha value is -0.963. The molecular formula is C13H22O2Si. The largest absolute Gasteiger partial charge is 0.494 e. The van der Waals surface area contributed by atoms with Gasteiger partial charge in [-0.1, -0.05) is 24.8 Å². The van der Waals surface area contributed by atoms with Gasteiger partial charge in [0.1, 0.15) is 11.5 Å². The Kier molecular flexibility index (Phi) is 4.41. The summed E-state index contributed by atoms with van der Waals surface area (Å²) in [5, 5.41) is 1.38. The molecule has 0 aliphatic carbocycles. The Morgan fingerprint density at radius 1 is 0.875 bits per heavy atom. The Morgan fingerprint density at radius 2 is 1.31 bits per heavy atom. The maximum absolute atomic E-state index is 5.57. The molecule has 1 aromatic carbocycles. The van der Waals surface area contributed by atoms with Crippen LogP contribution in [-0.4, -0.2) is 21.3 Å². The molecule has 0 N–H and O–H groups in total. The number of benzene rings is 1. The fraction of sp³-hybridized carbons (Fsp3) is 0.538. The molecule has 0 fully saturated rings. The molecule has 90 valence electrons. The van der Waals surface area contributed by atoms with Crippen LogP contribution in [0.4, 0.5) is 0 Å². The molecule has 0 spiro atoms. The molecule has 16 heavy (non-hydrogen) atoms. The van der Waals surface area contributed by atoms with E-state index in [0.717, 1.165) is 11.5 Å². The number of rotatable bonds is 5. The van der Waals surface area contributed by atoms with Gasteiger partial charge in [0.15, 0.2) is 0 Å². The fourth-order valence-electron chi connectivity index (χ4n) is 1.50. The van der Waals surface area contributed by atoms with Crippen LogP contribution in [0.3, 0.4) is 0 Å². The van der Waals surface area contributed by atoms with E-state index in [1.165, 1.54) is 5.19 Å². The van der Waals surface area contributed by atoms with Crippen LogP contribution in [0.15, 0.2) is 18.2 Å². The van der Waals surface area contributed by atoms with Crippen molar-refractivity contribution < 1.29 is 9.47 Å². The van der Waals surface area contributed by atoms with Crippen LogP contribution in [0.25, 0.3) is 0 Å². The topological polar surface area (TPSA) is 18.5 Å². The molecule has 0 radical (unpaired) electrons. The van der Waals surface area contributed by atoms with Gasteiger partial charge in [-0.25, -0.2) is 0 Å². The number of hydrogen-bond donors (Lipinski definition) is 0. The highest BCUT2D eigenvalue weighted by atomic mass is 28.3. The predicted molar refractivity (Wildman–Crippen MR) is 71.8 cm³/mol. The van der Waals surface area contributed by atoms with Crippen LogP contribution in [0, 0.1) is 0 Å². The molecule has 1 aromatic rings. The molecule has 0 amide bonds. The Bertz CT molecular complexity index is 318. The van der Waals surface area contributed by atoms with E-state index in [9.17, 15) is 0 Å². The minimum atomic E-state index is -1.31. The lowest BCUT2D eigenvalue weighted by Gasteiger charge is -2.19. The van der Waals surface area contributed by atoms with Gasteiger partial charge in [0.2, 0.25) is 0 Å². The Morgan fingerprint density at radius 3 is 1.62 bits per heavy atom. The normalized spacial score (nSPS) is 11.3. The summed E-state index contributed by atoms with van der Waals surface area (Å²) in [6.45, 7) is 12.4. The summed E-state index contributed by atoms with van der Waals surface area (Å²) < 4.78 is 11.1. The summed E-state index contributed by atoms with van der Waals surface area (Å²) in [4.78, 5) is 0. The third kappa shape index (κ3) is 3.56. The van der Waals surface area contributed by atoms with Gasteiger partial charge in [-0.2, -0.15) is 0 Å². The van der Waals surface area contributed by atoms with Crippen LogP contribution < -0.4 is 14.7 Å². The van der Waals surface area contributed by atoms with Gasteiger partial charge in [0.05, 0.1) is 21.3 Å². The van der Waals surface area contributed by atoms with Gasteiger partial charge >= 0.3 is 0 Å². The second-order valence-electron chi connectivity index (χ2n) is 4.81. The third-order valence-electron chi connectivity index (χ3n) is 2.37. The molecule has 2 nitrogen and oxygen atoms in total. The smallest absolute Gasteiger partial charge is 0.122 e. The fourth-order valence-corrected chi connectivity index (χ4v) is 2.66. The zero-order valence-corrected chi connectivity index (χ0v) is 12.0. The maximum Gasteiger partial charge on any atom is 0.122 e. The first kappa shape index (κ1) is 13.1. The second-order valence-corrected chi connectivity index (χ2v) is 9.89. The predicted octanol–water partition coefficient (Wildman–Crippen LogP) is 3.03. The van der Waals surface area contributed by atoms with E-state index >= 15 is 0 Å². The van der Waals surface area contributed by atoms with E-state index in [2.05, 4.69) is 31.8 Å². The van der Waals surface area contributed by atoms with Crippen molar-refractivity contribution in [1.29, 1.82) is 0 Å². The van der Waals surface area contributed by atoms with Crippen LogP contribution in [-0.2, 0) is 0 Å². The molecule has 0 saturated heterocycles. The van der Waals surface area contributed by atoms with E-state index in [1.807, 2.05) is 19.9 Å². The van der Waals surface area contributed by atoms with Gasteiger partial charge in [-0.05, 0) is 26.0 Å². The highest BCUT2D eigenvalue weighted by Crippen LogP contribution is 2.20. The van der Waals surface area contributed by atoms with Crippen molar-refractivity contribution in [1.82, 2.24) is 0 Å². The quantitative estimate of drug-likeness (QED) is 0.734. The van der Waals surface area contributed by atoms with Crippen molar-refractivity contribution in [3.05, 3.63) is 18.2 Å². The monoisotopic (exact) mass is 238 g/mol. The van der Waals surface area contributed by atoms with E-state index in [1.54, 1.807) is 0 Å². The average molecular weight is 238 g/mol. The van der Waals surface area contributed by atoms with Crippen molar-refractivity contribution in [2.45, 2.75) is 33.5 Å². The van der Waals surface area contributed by atoms with Crippen LogP contribution in [0.5, 0.6) is 11.5 Å². The first-order valence-corrected chi connectivity index (χ1v) is 9.38. The minimum absolute atomic E-state index is 0.695. The molecule has 0 aromatic heterocycles. The molecule has 0 aliphatic heterocycles. The second kappa shape index (κ2) is 5.39.